The number of hydrogen-bond donors (Lipinski definition) is 0. The molecular weight excluding hydrogens is 390 g/mol. The van der Waals surface area contributed by atoms with Crippen LogP contribution in [0.5, 0.6) is 0 Å². The molecule has 154 valence electrons. The van der Waals surface area contributed by atoms with Crippen LogP contribution in [0.1, 0.15) is 30.5 Å². The number of benzene rings is 4. The summed E-state index contributed by atoms with van der Waals surface area (Å²) in [6, 6.07) is 30.7. The van der Waals surface area contributed by atoms with Gasteiger partial charge in [0.1, 0.15) is 0 Å². The first-order valence-corrected chi connectivity index (χ1v) is 11.2. The lowest BCUT2D eigenvalue weighted by Gasteiger charge is -2.21. The van der Waals surface area contributed by atoms with Gasteiger partial charge in [0.2, 0.25) is 5.78 Å². The second kappa shape index (κ2) is 5.89. The first-order chi connectivity index (χ1) is 15.5. The molecule has 0 amide bonds. The van der Waals surface area contributed by atoms with E-state index in [2.05, 4.69) is 115 Å². The molecule has 0 spiro atoms. The van der Waals surface area contributed by atoms with Gasteiger partial charge in [0.25, 0.3) is 0 Å². The maximum Gasteiger partial charge on any atom is 0.220 e. The fraction of sp³-hybridized carbons (Fsp3) is 0.138. The fourth-order valence-corrected chi connectivity index (χ4v) is 5.61. The van der Waals surface area contributed by atoms with E-state index in [1.807, 2.05) is 0 Å². The van der Waals surface area contributed by atoms with Crippen molar-refractivity contribution in [3.63, 3.8) is 0 Å². The summed E-state index contributed by atoms with van der Waals surface area (Å²) in [6.45, 7) is 6.82. The van der Waals surface area contributed by atoms with Crippen molar-refractivity contribution >= 4 is 27.8 Å². The van der Waals surface area contributed by atoms with Crippen molar-refractivity contribution < 1.29 is 0 Å². The van der Waals surface area contributed by atoms with E-state index >= 15 is 0 Å². The summed E-state index contributed by atoms with van der Waals surface area (Å²) in [5.74, 6) is 0.960. The van der Waals surface area contributed by atoms with Crippen molar-refractivity contribution in [2.45, 2.75) is 26.2 Å². The average Bonchev–Trinajstić information content (AvgIpc) is 3.38. The Morgan fingerprint density at radius 3 is 2.38 bits per heavy atom. The summed E-state index contributed by atoms with van der Waals surface area (Å²) in [7, 11) is 0. The van der Waals surface area contributed by atoms with Gasteiger partial charge in [-0.25, -0.2) is 4.98 Å². The number of rotatable bonds is 1. The molecule has 0 saturated carbocycles. The fourth-order valence-electron chi connectivity index (χ4n) is 5.61. The minimum atomic E-state index is -0.0357. The van der Waals surface area contributed by atoms with Crippen molar-refractivity contribution in [1.29, 1.82) is 0 Å². The number of hydrogen-bond acceptors (Lipinski definition) is 1. The first kappa shape index (κ1) is 17.8. The van der Waals surface area contributed by atoms with Crippen LogP contribution >= 0.6 is 0 Å². The van der Waals surface area contributed by atoms with Crippen molar-refractivity contribution in [3.8, 4) is 16.8 Å². The molecule has 6 aromatic rings. The monoisotopic (exact) mass is 413 g/mol. The first-order valence-electron chi connectivity index (χ1n) is 11.2. The van der Waals surface area contributed by atoms with Gasteiger partial charge >= 0.3 is 0 Å². The van der Waals surface area contributed by atoms with Crippen LogP contribution in [-0.2, 0) is 5.41 Å². The molecule has 0 saturated heterocycles. The van der Waals surface area contributed by atoms with Gasteiger partial charge in [0.05, 0.1) is 22.1 Å². The Morgan fingerprint density at radius 1 is 0.688 bits per heavy atom. The molecule has 3 nitrogen and oxygen atoms in total. The smallest absolute Gasteiger partial charge is 0.220 e. The number of fused-ring (bicyclic) bond motifs is 8. The molecule has 0 unspecified atom stereocenters. The van der Waals surface area contributed by atoms with Crippen molar-refractivity contribution in [1.82, 2.24) is 14.0 Å². The highest BCUT2D eigenvalue weighted by Crippen LogP contribution is 2.50. The van der Waals surface area contributed by atoms with Crippen LogP contribution in [0.25, 0.3) is 44.7 Å². The summed E-state index contributed by atoms with van der Waals surface area (Å²) < 4.78 is 4.64. The summed E-state index contributed by atoms with van der Waals surface area (Å²) in [4.78, 5) is 5.07. The molecule has 32 heavy (non-hydrogen) atoms. The number of aromatic nitrogens is 3. The van der Waals surface area contributed by atoms with Crippen molar-refractivity contribution in [2.24, 2.45) is 0 Å². The second-order valence-electron chi connectivity index (χ2n) is 9.47. The molecule has 2 aromatic heterocycles. The molecule has 0 N–H and O–H groups in total. The highest BCUT2D eigenvalue weighted by molar-refractivity contribution is 5.97. The van der Waals surface area contributed by atoms with E-state index < -0.39 is 0 Å². The number of para-hydroxylation sites is 2. The summed E-state index contributed by atoms with van der Waals surface area (Å²) in [5, 5.41) is 0. The van der Waals surface area contributed by atoms with E-state index in [1.165, 1.54) is 38.9 Å². The van der Waals surface area contributed by atoms with Crippen LogP contribution in [0.2, 0.25) is 0 Å². The minimum Gasteiger partial charge on any atom is -0.278 e. The lowest BCUT2D eigenvalue weighted by molar-refractivity contribution is 0.661. The molecule has 4 aromatic carbocycles. The van der Waals surface area contributed by atoms with E-state index in [1.54, 1.807) is 0 Å². The van der Waals surface area contributed by atoms with Gasteiger partial charge < -0.3 is 0 Å². The normalized spacial score (nSPS) is 14.3. The Bertz CT molecular complexity index is 1710. The van der Waals surface area contributed by atoms with Crippen molar-refractivity contribution in [2.75, 3.05) is 0 Å². The van der Waals surface area contributed by atoms with Gasteiger partial charge in [0.15, 0.2) is 0 Å². The summed E-state index contributed by atoms with van der Waals surface area (Å²) in [5.41, 5.74) is 12.4. The van der Waals surface area contributed by atoms with Crippen LogP contribution in [0.3, 0.4) is 0 Å². The molecule has 0 fully saturated rings. The quantitative estimate of drug-likeness (QED) is 0.283. The highest BCUT2D eigenvalue weighted by Gasteiger charge is 2.36. The zero-order valence-electron chi connectivity index (χ0n) is 18.4. The van der Waals surface area contributed by atoms with Gasteiger partial charge in [-0.15, -0.1) is 0 Å². The third kappa shape index (κ3) is 2.13. The molecular formula is C29H23N3. The Labute approximate surface area is 186 Å². The Morgan fingerprint density at radius 2 is 1.50 bits per heavy atom. The lowest BCUT2D eigenvalue weighted by Crippen LogP contribution is -2.15. The molecule has 3 heteroatoms. The lowest BCUT2D eigenvalue weighted by atomic mass is 9.82. The summed E-state index contributed by atoms with van der Waals surface area (Å²) >= 11 is 0. The van der Waals surface area contributed by atoms with Gasteiger partial charge in [-0.3, -0.25) is 8.97 Å². The largest absolute Gasteiger partial charge is 0.278 e. The summed E-state index contributed by atoms with van der Waals surface area (Å²) in [6.07, 6.45) is 0. The molecule has 0 radical (unpaired) electrons. The van der Waals surface area contributed by atoms with Gasteiger partial charge in [-0.1, -0.05) is 62.4 Å². The zero-order chi connectivity index (χ0) is 21.6. The van der Waals surface area contributed by atoms with Crippen LogP contribution in [0.15, 0.2) is 84.9 Å². The van der Waals surface area contributed by atoms with Crippen molar-refractivity contribution in [3.05, 3.63) is 102 Å². The zero-order valence-corrected chi connectivity index (χ0v) is 18.4. The SMILES string of the molecule is Cc1cccc(-n2c3cc4c(cc3n3c5ccccc5nc23)-c2ccccc2C4(C)C)c1. The predicted octanol–water partition coefficient (Wildman–Crippen LogP) is 7.05. The van der Waals surface area contributed by atoms with Crippen LogP contribution in [-0.4, -0.2) is 14.0 Å². The highest BCUT2D eigenvalue weighted by atomic mass is 15.2. The Balaban J connectivity index is 1.70. The molecule has 1 aliphatic carbocycles. The van der Waals surface area contributed by atoms with Crippen LogP contribution < -0.4 is 0 Å². The van der Waals surface area contributed by atoms with E-state index in [-0.39, 0.29) is 5.41 Å². The van der Waals surface area contributed by atoms with E-state index in [0.717, 1.165) is 22.5 Å². The van der Waals surface area contributed by atoms with Crippen LogP contribution in [0, 0.1) is 6.92 Å². The topological polar surface area (TPSA) is 22.2 Å². The Kier molecular flexibility index (Phi) is 3.27. The Hall–Kier alpha value is -3.85. The molecule has 7 rings (SSSR count). The third-order valence-corrected chi connectivity index (χ3v) is 7.16. The second-order valence-corrected chi connectivity index (χ2v) is 9.47. The standard InChI is InChI=1S/C29H23N3/c1-18-9-8-10-19(15-18)31-27-17-23-21(20-11-4-5-12-22(20)29(23,2)3)16-26(27)32-25-14-7-6-13-24(25)30-28(31)32/h4-17H,1-3H3. The number of aryl methyl sites for hydroxylation is 1. The maximum absolute atomic E-state index is 5.07. The number of imidazole rings is 2. The maximum atomic E-state index is 5.07. The molecule has 0 atom stereocenters. The van der Waals surface area contributed by atoms with Gasteiger partial charge in [0, 0.05) is 11.1 Å². The number of nitrogens with zero attached hydrogens (tertiary/aromatic N) is 3. The minimum absolute atomic E-state index is 0.0357. The van der Waals surface area contributed by atoms with Crippen LogP contribution in [0.4, 0.5) is 0 Å². The van der Waals surface area contributed by atoms with Gasteiger partial charge in [-0.05, 0) is 71.1 Å². The molecule has 1 aliphatic rings. The van der Waals surface area contributed by atoms with E-state index in [0.29, 0.717) is 0 Å². The molecule has 0 bridgehead atoms. The average molecular weight is 414 g/mol. The molecule has 0 aliphatic heterocycles. The molecule has 2 heterocycles. The van der Waals surface area contributed by atoms with E-state index in [4.69, 9.17) is 4.98 Å². The van der Waals surface area contributed by atoms with E-state index in [9.17, 15) is 0 Å². The predicted molar refractivity (Wildman–Crippen MR) is 132 cm³/mol. The van der Waals surface area contributed by atoms with Gasteiger partial charge in [-0.2, -0.15) is 0 Å². The third-order valence-electron chi connectivity index (χ3n) is 7.16.